The Balaban J connectivity index is 2.72. The van der Waals surface area contributed by atoms with Crippen molar-refractivity contribution < 1.29 is 28.3 Å². The smallest absolute Gasteiger partial charge is 0.408 e. The van der Waals surface area contributed by atoms with Gasteiger partial charge in [-0.3, -0.25) is 14.4 Å². The van der Waals surface area contributed by atoms with Crippen molar-refractivity contribution in [2.45, 2.75) is 51.8 Å². The topological polar surface area (TPSA) is 128 Å². The molecular formula is C20H28FN3O5. The highest BCUT2D eigenvalue weighted by Crippen LogP contribution is 2.08. The van der Waals surface area contributed by atoms with Crippen molar-refractivity contribution in [3.8, 4) is 0 Å². The fraction of sp³-hybridized carbons (Fsp3) is 0.500. The Labute approximate surface area is 169 Å². The van der Waals surface area contributed by atoms with Gasteiger partial charge in [-0.15, -0.1) is 0 Å². The molecule has 1 aromatic carbocycles. The number of nitrogens with one attached hydrogen (secondary N) is 2. The van der Waals surface area contributed by atoms with Crippen molar-refractivity contribution in [2.75, 3.05) is 6.67 Å². The van der Waals surface area contributed by atoms with E-state index in [0.717, 1.165) is 5.56 Å². The molecule has 0 aromatic heterocycles. The van der Waals surface area contributed by atoms with Crippen LogP contribution in [0.15, 0.2) is 30.3 Å². The predicted molar refractivity (Wildman–Crippen MR) is 104 cm³/mol. The van der Waals surface area contributed by atoms with Gasteiger partial charge in [0.15, 0.2) is 5.78 Å². The van der Waals surface area contributed by atoms with Gasteiger partial charge in [-0.25, -0.2) is 9.18 Å². The van der Waals surface area contributed by atoms with Crippen LogP contribution in [0.1, 0.15) is 38.7 Å². The van der Waals surface area contributed by atoms with Crippen LogP contribution in [-0.4, -0.2) is 42.4 Å². The molecule has 0 spiro atoms. The highest BCUT2D eigenvalue weighted by atomic mass is 19.1. The Kier molecular flexibility index (Phi) is 10.4. The lowest BCUT2D eigenvalue weighted by atomic mass is 10.0. The largest absolute Gasteiger partial charge is 0.445 e. The molecule has 0 saturated heterocycles. The molecule has 1 rings (SSSR count). The molecule has 8 nitrogen and oxygen atoms in total. The maximum absolute atomic E-state index is 12.8. The van der Waals surface area contributed by atoms with Crippen LogP contribution in [0.4, 0.5) is 9.18 Å². The third-order valence-corrected chi connectivity index (χ3v) is 4.04. The van der Waals surface area contributed by atoms with E-state index in [1.165, 1.54) is 0 Å². The molecule has 0 fully saturated rings. The molecule has 0 aliphatic heterocycles. The van der Waals surface area contributed by atoms with Crippen molar-refractivity contribution in [1.29, 1.82) is 0 Å². The number of carbonyl (C=O) groups is 4. The average molecular weight is 409 g/mol. The number of amides is 3. The molecule has 0 unspecified atom stereocenters. The van der Waals surface area contributed by atoms with Gasteiger partial charge in [-0.05, 0) is 24.3 Å². The number of hydrogen-bond acceptors (Lipinski definition) is 5. The fourth-order valence-corrected chi connectivity index (χ4v) is 2.58. The molecule has 0 heterocycles. The molecule has 0 bridgehead atoms. The Morgan fingerprint density at radius 3 is 2.28 bits per heavy atom. The van der Waals surface area contributed by atoms with E-state index in [2.05, 4.69) is 10.6 Å². The summed E-state index contributed by atoms with van der Waals surface area (Å²) in [6.45, 7) is 2.46. The van der Waals surface area contributed by atoms with Crippen LogP contribution < -0.4 is 16.4 Å². The van der Waals surface area contributed by atoms with Gasteiger partial charge in [-0.2, -0.15) is 0 Å². The van der Waals surface area contributed by atoms with E-state index in [-0.39, 0.29) is 31.8 Å². The van der Waals surface area contributed by atoms with Gasteiger partial charge in [-0.1, -0.05) is 44.2 Å². The number of rotatable bonds is 12. The Morgan fingerprint density at radius 1 is 1.07 bits per heavy atom. The maximum atomic E-state index is 12.8. The number of ketones is 1. The SMILES string of the molecule is CC(C)C[C@H](NC(=O)OCc1ccccc1)C(=O)N[C@@H](CCC(N)=O)C(=O)CF. The molecule has 29 heavy (non-hydrogen) atoms. The van der Waals surface area contributed by atoms with E-state index in [1.54, 1.807) is 24.3 Å². The molecule has 2 atom stereocenters. The van der Waals surface area contributed by atoms with E-state index in [1.807, 2.05) is 19.9 Å². The molecular weight excluding hydrogens is 381 g/mol. The molecule has 160 valence electrons. The van der Waals surface area contributed by atoms with Gasteiger partial charge in [0, 0.05) is 6.42 Å². The average Bonchev–Trinajstić information content (AvgIpc) is 2.68. The Morgan fingerprint density at radius 2 is 1.72 bits per heavy atom. The van der Waals surface area contributed by atoms with Gasteiger partial charge in [0.25, 0.3) is 0 Å². The summed E-state index contributed by atoms with van der Waals surface area (Å²) in [5, 5.41) is 4.88. The number of Topliss-reactive ketones (excluding diaryl/α,β-unsaturated/α-hetero) is 1. The Hall–Kier alpha value is -2.97. The number of halogens is 1. The zero-order chi connectivity index (χ0) is 21.8. The number of alkyl carbamates (subject to hydrolysis) is 1. The van der Waals surface area contributed by atoms with Crippen molar-refractivity contribution in [2.24, 2.45) is 11.7 Å². The summed E-state index contributed by atoms with van der Waals surface area (Å²) in [5.74, 6) is -2.15. The number of nitrogens with two attached hydrogens (primary N) is 1. The number of ether oxygens (including phenoxy) is 1. The minimum atomic E-state index is -1.29. The van der Waals surface area contributed by atoms with E-state index in [4.69, 9.17) is 10.5 Å². The summed E-state index contributed by atoms with van der Waals surface area (Å²) in [5.41, 5.74) is 5.84. The minimum absolute atomic E-state index is 0.0320. The zero-order valence-corrected chi connectivity index (χ0v) is 16.7. The molecule has 9 heteroatoms. The van der Waals surface area contributed by atoms with Gasteiger partial charge in [0.2, 0.25) is 11.8 Å². The molecule has 0 saturated carbocycles. The van der Waals surface area contributed by atoms with E-state index in [9.17, 15) is 23.6 Å². The van der Waals surface area contributed by atoms with Crippen LogP contribution >= 0.6 is 0 Å². The minimum Gasteiger partial charge on any atom is -0.445 e. The summed E-state index contributed by atoms with van der Waals surface area (Å²) in [6, 6.07) is 6.84. The van der Waals surface area contributed by atoms with Crippen LogP contribution in [0.5, 0.6) is 0 Å². The lowest BCUT2D eigenvalue weighted by Crippen LogP contribution is -2.52. The molecule has 1 aromatic rings. The molecule has 0 aliphatic rings. The number of carbonyl (C=O) groups excluding carboxylic acids is 4. The zero-order valence-electron chi connectivity index (χ0n) is 16.7. The predicted octanol–water partition coefficient (Wildman–Crippen LogP) is 1.62. The van der Waals surface area contributed by atoms with Crippen LogP contribution in [0.2, 0.25) is 0 Å². The maximum Gasteiger partial charge on any atom is 0.408 e. The van der Waals surface area contributed by atoms with Crippen LogP contribution in [-0.2, 0) is 25.7 Å². The lowest BCUT2D eigenvalue weighted by Gasteiger charge is -2.23. The first-order chi connectivity index (χ1) is 13.7. The summed E-state index contributed by atoms with van der Waals surface area (Å²) >= 11 is 0. The molecule has 0 radical (unpaired) electrons. The number of primary amides is 1. The van der Waals surface area contributed by atoms with Crippen LogP contribution in [0.3, 0.4) is 0 Å². The van der Waals surface area contributed by atoms with E-state index in [0.29, 0.717) is 0 Å². The number of hydrogen-bond donors (Lipinski definition) is 3. The first-order valence-electron chi connectivity index (χ1n) is 9.37. The summed E-state index contributed by atoms with van der Waals surface area (Å²) < 4.78 is 17.9. The van der Waals surface area contributed by atoms with Crippen LogP contribution in [0, 0.1) is 5.92 Å². The van der Waals surface area contributed by atoms with Gasteiger partial charge in [0.05, 0.1) is 6.04 Å². The molecule has 4 N–H and O–H groups in total. The third kappa shape index (κ3) is 9.68. The second-order valence-electron chi connectivity index (χ2n) is 7.05. The standard InChI is InChI=1S/C20H28FN3O5/c1-13(2)10-16(24-20(28)29-12-14-6-4-3-5-7-14)19(27)23-15(17(25)11-21)8-9-18(22)26/h3-7,13,15-16H,8-12H2,1-2H3,(H2,22,26)(H,23,27)(H,24,28)/t15-,16-/m0/s1. The highest BCUT2D eigenvalue weighted by molar-refractivity contribution is 5.93. The summed E-state index contributed by atoms with van der Waals surface area (Å²) in [6.07, 6.45) is -0.812. The van der Waals surface area contributed by atoms with Crippen LogP contribution in [0.25, 0.3) is 0 Å². The number of alkyl halides is 1. The molecule has 0 aliphatic carbocycles. The number of benzene rings is 1. The van der Waals surface area contributed by atoms with Crippen molar-refractivity contribution in [3.63, 3.8) is 0 Å². The monoisotopic (exact) mass is 409 g/mol. The Bertz CT molecular complexity index is 697. The van der Waals surface area contributed by atoms with E-state index >= 15 is 0 Å². The van der Waals surface area contributed by atoms with Crippen molar-refractivity contribution in [3.05, 3.63) is 35.9 Å². The third-order valence-electron chi connectivity index (χ3n) is 4.04. The lowest BCUT2D eigenvalue weighted by molar-refractivity contribution is -0.130. The molecule has 3 amide bonds. The summed E-state index contributed by atoms with van der Waals surface area (Å²) in [7, 11) is 0. The quantitative estimate of drug-likeness (QED) is 0.483. The van der Waals surface area contributed by atoms with E-state index < -0.39 is 42.4 Å². The van der Waals surface area contributed by atoms with Gasteiger partial charge >= 0.3 is 6.09 Å². The first kappa shape index (κ1) is 24.1. The second kappa shape index (κ2) is 12.5. The fourth-order valence-electron chi connectivity index (χ4n) is 2.58. The van der Waals surface area contributed by atoms with Crippen molar-refractivity contribution in [1.82, 2.24) is 10.6 Å². The van der Waals surface area contributed by atoms with Gasteiger partial charge < -0.3 is 21.1 Å². The highest BCUT2D eigenvalue weighted by Gasteiger charge is 2.27. The first-order valence-corrected chi connectivity index (χ1v) is 9.37. The van der Waals surface area contributed by atoms with Crippen molar-refractivity contribution >= 4 is 23.7 Å². The second-order valence-corrected chi connectivity index (χ2v) is 7.05. The summed E-state index contributed by atoms with van der Waals surface area (Å²) in [4.78, 5) is 47.4. The normalized spacial score (nSPS) is 12.7. The van der Waals surface area contributed by atoms with Gasteiger partial charge in [0.1, 0.15) is 19.3 Å².